The fraction of sp³-hybridized carbons (Fsp3) is 0.217. The van der Waals surface area contributed by atoms with Gasteiger partial charge in [-0.25, -0.2) is 4.98 Å². The largest absolute Gasteiger partial charge is 0.493 e. The first kappa shape index (κ1) is 51.3. The van der Waals surface area contributed by atoms with Gasteiger partial charge in [0, 0.05) is 61.0 Å². The summed E-state index contributed by atoms with van der Waals surface area (Å²) in [6.45, 7) is 27.6. The van der Waals surface area contributed by atoms with Crippen LogP contribution in [0.1, 0.15) is 104 Å². The minimum absolute atomic E-state index is 0. The molecule has 75 heavy (non-hydrogen) atoms. The number of hydrogen-bond acceptors (Lipinski definition) is 5. The van der Waals surface area contributed by atoms with Crippen LogP contribution < -0.4 is 19.6 Å². The molecule has 0 bridgehead atoms. The maximum Gasteiger partial charge on any atom is 0.135 e. The van der Waals surface area contributed by atoms with E-state index in [0.29, 0.717) is 0 Å². The second kappa shape index (κ2) is 19.5. The van der Waals surface area contributed by atoms with Gasteiger partial charge in [0.1, 0.15) is 5.82 Å². The molecular formula is C69H66N5Pt-3. The Morgan fingerprint density at radius 3 is 1.59 bits per heavy atom. The third-order valence-electron chi connectivity index (χ3n) is 15.0. The van der Waals surface area contributed by atoms with Crippen LogP contribution in [-0.2, 0) is 42.7 Å². The second-order valence-corrected chi connectivity index (χ2v) is 23.6. The first-order valence-electron chi connectivity index (χ1n) is 26.0. The number of fused-ring (bicyclic) bond motifs is 6. The van der Waals surface area contributed by atoms with Crippen molar-refractivity contribution < 1.29 is 21.1 Å². The Labute approximate surface area is 460 Å². The molecule has 1 aromatic heterocycles. The van der Waals surface area contributed by atoms with Crippen molar-refractivity contribution in [2.45, 2.75) is 97.8 Å². The van der Waals surface area contributed by atoms with Crippen LogP contribution in [0.2, 0.25) is 0 Å². The summed E-state index contributed by atoms with van der Waals surface area (Å²) in [6.07, 6.45) is 1.96. The van der Waals surface area contributed by atoms with Gasteiger partial charge in [-0.15, -0.1) is 53.8 Å². The van der Waals surface area contributed by atoms with E-state index in [-0.39, 0.29) is 42.7 Å². The van der Waals surface area contributed by atoms with Crippen molar-refractivity contribution in [1.82, 2.24) is 4.98 Å². The predicted octanol–water partition coefficient (Wildman–Crippen LogP) is 18.9. The number of para-hydroxylation sites is 4. The van der Waals surface area contributed by atoms with Crippen molar-refractivity contribution in [3.8, 4) is 22.3 Å². The summed E-state index contributed by atoms with van der Waals surface area (Å²) in [5, 5.41) is 0. The third kappa shape index (κ3) is 9.61. The minimum atomic E-state index is -0.284. The molecule has 6 heteroatoms. The summed E-state index contributed by atoms with van der Waals surface area (Å²) in [5.41, 5.74) is 19.3. The van der Waals surface area contributed by atoms with Crippen LogP contribution in [0.3, 0.4) is 0 Å². The van der Waals surface area contributed by atoms with Crippen LogP contribution in [0.5, 0.6) is 0 Å². The fourth-order valence-corrected chi connectivity index (χ4v) is 10.5. The monoisotopic (exact) mass is 1160 g/mol. The zero-order chi connectivity index (χ0) is 51.7. The van der Waals surface area contributed by atoms with Gasteiger partial charge in [-0.2, -0.15) is 6.07 Å². The average molecular weight is 1160 g/mol. The molecule has 2 aliphatic rings. The van der Waals surface area contributed by atoms with Gasteiger partial charge in [0.05, 0.1) is 5.69 Å². The van der Waals surface area contributed by atoms with Gasteiger partial charge in [0.2, 0.25) is 0 Å². The quantitative estimate of drug-likeness (QED) is 0.141. The van der Waals surface area contributed by atoms with E-state index in [0.717, 1.165) is 73.7 Å². The molecule has 0 radical (unpaired) electrons. The van der Waals surface area contributed by atoms with Gasteiger partial charge in [0.15, 0.2) is 0 Å². The van der Waals surface area contributed by atoms with E-state index < -0.39 is 0 Å². The normalized spacial score (nSPS) is 13.3. The van der Waals surface area contributed by atoms with E-state index in [2.05, 4.69) is 303 Å². The Hall–Kier alpha value is -7.20. The molecule has 0 saturated carbocycles. The van der Waals surface area contributed by atoms with Gasteiger partial charge in [-0.3, -0.25) is 0 Å². The number of rotatable bonds is 8. The molecule has 9 aromatic rings. The van der Waals surface area contributed by atoms with Gasteiger partial charge >= 0.3 is 0 Å². The summed E-state index contributed by atoms with van der Waals surface area (Å²) in [6, 6.07) is 76.5. The first-order chi connectivity index (χ1) is 35.3. The molecule has 0 aliphatic carbocycles. The fourth-order valence-electron chi connectivity index (χ4n) is 10.5. The zero-order valence-corrected chi connectivity index (χ0v) is 47.4. The molecule has 8 aromatic carbocycles. The standard InChI is InChI=1S/C69H66N5.Pt/c1-66(2,3)49-38-50(67(4,5)6)40-54(39-49)71-46-72(63-33-23-22-32-62(63)71)55-41-51(68(7,8)9)42-56(44-55)73(52-26-16-13-17-27-52)53-34-35-60-58-29-19-18-28-57(58)59-30-20-21-31-61(59)74(64(60)45-53)65-43-48(36-37-70-65)69(10,11)47-24-14-12-15-25-47;/h12-43,46H,1-11H3;/q-3;. The maximum atomic E-state index is 5.21. The summed E-state index contributed by atoms with van der Waals surface area (Å²) >= 11 is 0. The summed E-state index contributed by atoms with van der Waals surface area (Å²) < 4.78 is 0. The number of nitrogens with zero attached hydrogens (tertiary/aromatic N) is 5. The van der Waals surface area contributed by atoms with Crippen molar-refractivity contribution in [3.05, 3.63) is 241 Å². The van der Waals surface area contributed by atoms with Crippen molar-refractivity contribution in [2.75, 3.05) is 19.6 Å². The Bertz CT molecular complexity index is 3510. The summed E-state index contributed by atoms with van der Waals surface area (Å²) in [5.74, 6) is 0.826. The summed E-state index contributed by atoms with van der Waals surface area (Å²) in [7, 11) is 0. The molecule has 0 unspecified atom stereocenters. The van der Waals surface area contributed by atoms with Crippen molar-refractivity contribution in [1.29, 1.82) is 0 Å². The van der Waals surface area contributed by atoms with E-state index in [9.17, 15) is 0 Å². The van der Waals surface area contributed by atoms with E-state index in [1.165, 1.54) is 33.4 Å². The van der Waals surface area contributed by atoms with E-state index in [1.807, 2.05) is 6.20 Å². The van der Waals surface area contributed by atoms with Gasteiger partial charge in [-0.05, 0) is 98.7 Å². The molecule has 2 aliphatic heterocycles. The van der Waals surface area contributed by atoms with E-state index in [4.69, 9.17) is 4.98 Å². The van der Waals surface area contributed by atoms with E-state index >= 15 is 0 Å². The molecular weight excluding hydrogens is 1090 g/mol. The first-order valence-corrected chi connectivity index (χ1v) is 26.0. The topological polar surface area (TPSA) is 25.9 Å². The molecule has 11 rings (SSSR count). The third-order valence-corrected chi connectivity index (χ3v) is 15.0. The smallest absolute Gasteiger partial charge is 0.135 e. The Kier molecular flexibility index (Phi) is 13.3. The molecule has 0 spiro atoms. The van der Waals surface area contributed by atoms with Crippen LogP contribution in [0.25, 0.3) is 22.3 Å². The Morgan fingerprint density at radius 2 is 0.960 bits per heavy atom. The number of benzene rings is 8. The molecule has 3 heterocycles. The SMILES string of the molecule is CC(C)(C)c1cc(N2[CH-]N(c3cc(C(C)(C)C)cc(C(C)(C)C)c3)c3ccccc32)[c-]c(N(c2[c-]c3c(cc2)-c2ccccc2-c2ccccc2N3c2cc(C(C)(C)c3ccccc3)ccn2)c2ccccc2)c1.[Pt]. The van der Waals surface area contributed by atoms with Gasteiger partial charge < -0.3 is 19.6 Å². The molecule has 0 N–H and O–H groups in total. The molecule has 5 nitrogen and oxygen atoms in total. The summed E-state index contributed by atoms with van der Waals surface area (Å²) in [4.78, 5) is 14.5. The molecule has 380 valence electrons. The maximum absolute atomic E-state index is 5.21. The number of aromatic nitrogens is 1. The van der Waals surface area contributed by atoms with Crippen LogP contribution >= 0.6 is 0 Å². The average Bonchev–Trinajstić information content (AvgIpc) is 3.73. The molecule has 0 saturated heterocycles. The van der Waals surface area contributed by atoms with Gasteiger partial charge in [0.25, 0.3) is 0 Å². The van der Waals surface area contributed by atoms with Crippen molar-refractivity contribution in [2.24, 2.45) is 0 Å². The minimum Gasteiger partial charge on any atom is -0.493 e. The van der Waals surface area contributed by atoms with Crippen LogP contribution in [0.15, 0.2) is 194 Å². The van der Waals surface area contributed by atoms with Crippen molar-refractivity contribution >= 4 is 57.0 Å². The Morgan fingerprint density at radius 1 is 0.427 bits per heavy atom. The van der Waals surface area contributed by atoms with Crippen LogP contribution in [-0.4, -0.2) is 4.98 Å². The van der Waals surface area contributed by atoms with Gasteiger partial charge in [-0.1, -0.05) is 208 Å². The van der Waals surface area contributed by atoms with Crippen molar-refractivity contribution in [3.63, 3.8) is 0 Å². The molecule has 0 atom stereocenters. The molecule has 0 amide bonds. The predicted molar refractivity (Wildman–Crippen MR) is 312 cm³/mol. The Balaban J connectivity index is 0.00000641. The second-order valence-electron chi connectivity index (χ2n) is 23.6. The number of hydrogen-bond donors (Lipinski definition) is 0. The number of pyridine rings is 1. The van der Waals surface area contributed by atoms with E-state index in [1.54, 1.807) is 0 Å². The zero-order valence-electron chi connectivity index (χ0n) is 45.1. The van der Waals surface area contributed by atoms with Crippen LogP contribution in [0, 0.1) is 18.8 Å². The van der Waals surface area contributed by atoms with Crippen LogP contribution in [0.4, 0.5) is 57.0 Å². The number of anilines is 10. The molecule has 0 fully saturated rings.